The Bertz CT molecular complexity index is 658. The zero-order chi connectivity index (χ0) is 16.3. The molecule has 2 aliphatic rings. The Labute approximate surface area is 138 Å². The molecule has 0 saturated heterocycles. The van der Waals surface area contributed by atoms with Crippen LogP contribution in [0.1, 0.15) is 37.5 Å². The molecular weight excluding hydrogens is 349 g/mol. The Balaban J connectivity index is 2.26. The van der Waals surface area contributed by atoms with Gasteiger partial charge < -0.3 is 15.1 Å². The highest BCUT2D eigenvalue weighted by Crippen LogP contribution is 2.62. The topological polar surface area (TPSA) is 43.7 Å². The maximum atomic E-state index is 14.3. The van der Waals surface area contributed by atoms with Crippen molar-refractivity contribution >= 4 is 15.9 Å². The molecule has 2 atom stereocenters. The van der Waals surface area contributed by atoms with E-state index < -0.39 is 22.9 Å². The third-order valence-electron chi connectivity index (χ3n) is 5.27. The monoisotopic (exact) mass is 369 g/mol. The molecule has 1 aromatic rings. The van der Waals surface area contributed by atoms with Crippen LogP contribution in [0, 0.1) is 11.2 Å². The molecule has 3 nitrogen and oxygen atoms in total. The number of aliphatic hydroxyl groups excluding tert-OH is 1. The lowest BCUT2D eigenvalue weighted by Crippen LogP contribution is -2.44. The molecule has 5 heteroatoms. The average molecular weight is 370 g/mol. The smallest absolute Gasteiger partial charge is 0.129 e. The van der Waals surface area contributed by atoms with Crippen LogP contribution in [0.4, 0.5) is 4.39 Å². The largest absolute Gasteiger partial charge is 0.388 e. The van der Waals surface area contributed by atoms with Crippen LogP contribution in [0.2, 0.25) is 0 Å². The van der Waals surface area contributed by atoms with Crippen molar-refractivity contribution in [2.24, 2.45) is 5.41 Å². The summed E-state index contributed by atoms with van der Waals surface area (Å²) in [4.78, 5) is 2.16. The van der Waals surface area contributed by atoms with Gasteiger partial charge in [0.1, 0.15) is 11.4 Å². The van der Waals surface area contributed by atoms with Crippen LogP contribution >= 0.6 is 15.9 Å². The molecule has 1 heterocycles. The van der Waals surface area contributed by atoms with Crippen molar-refractivity contribution in [3.63, 3.8) is 0 Å². The van der Waals surface area contributed by atoms with Crippen LogP contribution in [0.15, 0.2) is 28.3 Å². The number of benzene rings is 1. The Hall–Kier alpha value is -0.750. The van der Waals surface area contributed by atoms with Gasteiger partial charge in [-0.25, -0.2) is 4.39 Å². The second-order valence-electron chi connectivity index (χ2n) is 6.89. The van der Waals surface area contributed by atoms with E-state index in [0.717, 1.165) is 18.7 Å². The van der Waals surface area contributed by atoms with Gasteiger partial charge in [0.2, 0.25) is 0 Å². The SMILES string of the molecule is CN1CC=C([C@]2(O)c3c(Br)ccc(F)c3[C@@H](O)C2(C)C)CC1. The van der Waals surface area contributed by atoms with E-state index >= 15 is 0 Å². The maximum Gasteiger partial charge on any atom is 0.129 e. The number of likely N-dealkylation sites (N-methyl/N-ethyl adjacent to an activating group) is 1. The van der Waals surface area contributed by atoms with Crippen LogP contribution in [-0.2, 0) is 5.60 Å². The number of hydrogen-bond donors (Lipinski definition) is 2. The van der Waals surface area contributed by atoms with Gasteiger partial charge in [0.05, 0.1) is 6.10 Å². The number of halogens is 2. The zero-order valence-electron chi connectivity index (χ0n) is 13.0. The first-order valence-corrected chi connectivity index (χ1v) is 8.27. The van der Waals surface area contributed by atoms with Crippen LogP contribution < -0.4 is 0 Å². The molecule has 120 valence electrons. The van der Waals surface area contributed by atoms with Gasteiger partial charge in [-0.1, -0.05) is 35.9 Å². The molecule has 0 aromatic heterocycles. The lowest BCUT2D eigenvalue weighted by Gasteiger charge is -2.43. The van der Waals surface area contributed by atoms with Crippen molar-refractivity contribution in [2.45, 2.75) is 32.0 Å². The van der Waals surface area contributed by atoms with Gasteiger partial charge in [0.25, 0.3) is 0 Å². The normalized spacial score (nSPS) is 31.0. The highest BCUT2D eigenvalue weighted by molar-refractivity contribution is 9.10. The summed E-state index contributed by atoms with van der Waals surface area (Å²) in [5.41, 5.74) is -0.728. The molecule has 0 amide bonds. The molecule has 3 rings (SSSR count). The highest BCUT2D eigenvalue weighted by Gasteiger charge is 2.60. The second-order valence-corrected chi connectivity index (χ2v) is 7.75. The highest BCUT2D eigenvalue weighted by atomic mass is 79.9. The van der Waals surface area contributed by atoms with E-state index in [1.165, 1.54) is 6.07 Å². The molecule has 22 heavy (non-hydrogen) atoms. The standard InChI is InChI=1S/C17H21BrFNO2/c1-16(2)15(21)13-12(19)5-4-11(18)14(13)17(16,22)10-6-8-20(3)9-7-10/h4-6,15,21-22H,7-9H2,1-3H3/t15-,17+/m1/s1. The van der Waals surface area contributed by atoms with Gasteiger partial charge in [-0.2, -0.15) is 0 Å². The molecule has 0 fully saturated rings. The first-order valence-electron chi connectivity index (χ1n) is 7.48. The molecule has 0 radical (unpaired) electrons. The molecule has 0 unspecified atom stereocenters. The van der Waals surface area contributed by atoms with E-state index in [9.17, 15) is 14.6 Å². The predicted molar refractivity (Wildman–Crippen MR) is 86.9 cm³/mol. The first-order chi connectivity index (χ1) is 10.2. The lowest BCUT2D eigenvalue weighted by atomic mass is 9.68. The van der Waals surface area contributed by atoms with E-state index in [-0.39, 0.29) is 5.56 Å². The van der Waals surface area contributed by atoms with Crippen molar-refractivity contribution in [3.8, 4) is 0 Å². The van der Waals surface area contributed by atoms with Gasteiger partial charge in [-0.05, 0) is 31.2 Å². The van der Waals surface area contributed by atoms with Crippen LogP contribution in [-0.4, -0.2) is 35.3 Å². The number of hydrogen-bond acceptors (Lipinski definition) is 3. The van der Waals surface area contributed by atoms with Crippen LogP contribution in [0.25, 0.3) is 0 Å². The maximum absolute atomic E-state index is 14.3. The number of rotatable bonds is 1. The summed E-state index contributed by atoms with van der Waals surface area (Å²) < 4.78 is 15.0. The zero-order valence-corrected chi connectivity index (χ0v) is 14.6. The predicted octanol–water partition coefficient (Wildman–Crippen LogP) is 3.11. The third-order valence-corrected chi connectivity index (χ3v) is 5.93. The van der Waals surface area contributed by atoms with E-state index in [1.54, 1.807) is 19.9 Å². The summed E-state index contributed by atoms with van der Waals surface area (Å²) in [6.45, 7) is 5.17. The van der Waals surface area contributed by atoms with E-state index in [4.69, 9.17) is 0 Å². The van der Waals surface area contributed by atoms with E-state index in [1.807, 2.05) is 13.1 Å². The van der Waals surface area contributed by atoms with E-state index in [2.05, 4.69) is 20.8 Å². The summed E-state index contributed by atoms with van der Waals surface area (Å²) in [6.07, 6.45) is 1.65. The number of nitrogens with zero attached hydrogens (tertiary/aromatic N) is 1. The molecule has 0 saturated carbocycles. The minimum Gasteiger partial charge on any atom is -0.388 e. The molecule has 2 N–H and O–H groups in total. The summed E-state index contributed by atoms with van der Waals surface area (Å²) in [5, 5.41) is 22.3. The molecule has 0 bridgehead atoms. The Kier molecular flexibility index (Phi) is 3.76. The number of fused-ring (bicyclic) bond motifs is 1. The second kappa shape index (κ2) is 5.13. The Morgan fingerprint density at radius 3 is 2.64 bits per heavy atom. The van der Waals surface area contributed by atoms with Gasteiger partial charge >= 0.3 is 0 Å². The molecule has 0 spiro atoms. The van der Waals surface area contributed by atoms with Crippen molar-refractivity contribution in [3.05, 3.63) is 45.2 Å². The quantitative estimate of drug-likeness (QED) is 0.747. The van der Waals surface area contributed by atoms with Crippen LogP contribution in [0.5, 0.6) is 0 Å². The van der Waals surface area contributed by atoms with Crippen molar-refractivity contribution in [2.75, 3.05) is 20.1 Å². The van der Waals surface area contributed by atoms with Crippen molar-refractivity contribution in [1.82, 2.24) is 4.90 Å². The van der Waals surface area contributed by atoms with Crippen molar-refractivity contribution in [1.29, 1.82) is 0 Å². The molecular formula is C17H21BrFNO2. The molecule has 1 aliphatic carbocycles. The summed E-state index contributed by atoms with van der Waals surface area (Å²) in [5.74, 6) is -0.469. The Morgan fingerprint density at radius 2 is 2.05 bits per heavy atom. The average Bonchev–Trinajstić information content (AvgIpc) is 2.63. The molecule has 1 aromatic carbocycles. The lowest BCUT2D eigenvalue weighted by molar-refractivity contribution is -0.0908. The van der Waals surface area contributed by atoms with Crippen molar-refractivity contribution < 1.29 is 14.6 Å². The van der Waals surface area contributed by atoms with Gasteiger partial charge in [0.15, 0.2) is 0 Å². The van der Waals surface area contributed by atoms with Gasteiger partial charge in [-0.3, -0.25) is 0 Å². The minimum absolute atomic E-state index is 0.210. The summed E-state index contributed by atoms with van der Waals surface area (Å²) in [7, 11) is 2.02. The first kappa shape index (κ1) is 16.1. The third kappa shape index (κ3) is 1.96. The molecule has 1 aliphatic heterocycles. The van der Waals surface area contributed by atoms with Gasteiger partial charge in [0, 0.05) is 34.1 Å². The minimum atomic E-state index is -1.37. The summed E-state index contributed by atoms with van der Waals surface area (Å²) in [6, 6.07) is 2.93. The summed E-state index contributed by atoms with van der Waals surface area (Å²) >= 11 is 3.44. The van der Waals surface area contributed by atoms with Gasteiger partial charge in [-0.15, -0.1) is 0 Å². The van der Waals surface area contributed by atoms with Crippen LogP contribution in [0.3, 0.4) is 0 Å². The Morgan fingerprint density at radius 1 is 1.36 bits per heavy atom. The fourth-order valence-electron chi connectivity index (χ4n) is 3.76. The van der Waals surface area contributed by atoms with E-state index in [0.29, 0.717) is 16.5 Å². The number of aliphatic hydroxyl groups is 2. The fourth-order valence-corrected chi connectivity index (χ4v) is 4.39. The fraction of sp³-hybridized carbons (Fsp3) is 0.529.